The normalized spacial score (nSPS) is 16.7. The molecule has 0 radical (unpaired) electrons. The molecule has 0 aromatic carbocycles. The van der Waals surface area contributed by atoms with E-state index in [-0.39, 0.29) is 13.0 Å². The molecular weight excluding hydrogens is 246 g/mol. The van der Waals surface area contributed by atoms with Crippen molar-refractivity contribution in [2.24, 2.45) is 0 Å². The first-order valence-corrected chi connectivity index (χ1v) is 7.48. The van der Waals surface area contributed by atoms with Crippen LogP contribution in [0.2, 0.25) is 0 Å². The Hall–Kier alpha value is -0.260. The summed E-state index contributed by atoms with van der Waals surface area (Å²) >= 11 is 0. The zero-order valence-electron chi connectivity index (χ0n) is 7.79. The van der Waals surface area contributed by atoms with Crippen LogP contribution in [-0.4, -0.2) is 16.8 Å². The van der Waals surface area contributed by atoms with E-state index in [4.69, 9.17) is 10.2 Å². The van der Waals surface area contributed by atoms with Gasteiger partial charge in [0.25, 0.3) is 0 Å². The topological polar surface area (TPSA) is 102 Å². The van der Waals surface area contributed by atoms with Crippen LogP contribution in [0, 0.1) is 0 Å². The lowest BCUT2D eigenvalue weighted by Gasteiger charge is -2.11. The summed E-state index contributed by atoms with van der Waals surface area (Å²) in [5.74, 6) is 0. The largest absolute Gasteiger partial charge is 0.438 e. The third-order valence-corrected chi connectivity index (χ3v) is 4.61. The van der Waals surface area contributed by atoms with Crippen molar-refractivity contribution in [3.63, 3.8) is 0 Å². The number of hydrogen-bond acceptors (Lipinski definition) is 6. The van der Waals surface area contributed by atoms with Gasteiger partial charge >= 0.3 is 15.0 Å². The molecule has 9 heteroatoms. The Kier molecular flexibility index (Phi) is 6.96. The molecule has 2 atom stereocenters. The molecule has 0 aromatic heterocycles. The van der Waals surface area contributed by atoms with E-state index in [2.05, 4.69) is 27.4 Å². The van der Waals surface area contributed by atoms with Gasteiger partial charge in [-0.1, -0.05) is 29.8 Å². The summed E-state index contributed by atoms with van der Waals surface area (Å²) in [5.41, 5.74) is 0.601. The van der Waals surface area contributed by atoms with Crippen molar-refractivity contribution in [3.8, 4) is 0 Å². The summed E-state index contributed by atoms with van der Waals surface area (Å²) in [4.78, 5) is 8.62. The molecule has 88 valence electrons. The van der Waals surface area contributed by atoms with E-state index in [1.807, 2.05) is 0 Å². The van der Waals surface area contributed by atoms with Crippen LogP contribution in [0.4, 0.5) is 0 Å². The molecule has 0 saturated heterocycles. The standard InChI is InChI=1S/C6H12O7P2/c1-3-6(2)4-5-11-15(10,13-12-7)14(8)9/h3,7,14H,1-2,4-5H2,(H,8,9). The van der Waals surface area contributed by atoms with Crippen molar-refractivity contribution >= 4 is 15.0 Å². The summed E-state index contributed by atoms with van der Waals surface area (Å²) in [6, 6.07) is 0. The summed E-state index contributed by atoms with van der Waals surface area (Å²) in [6.45, 7) is 6.80. The van der Waals surface area contributed by atoms with Crippen molar-refractivity contribution in [2.45, 2.75) is 6.42 Å². The SMILES string of the molecule is C=CC(=C)CCOP(=O)(OOO)[PH](=O)O. The van der Waals surface area contributed by atoms with Crippen LogP contribution < -0.4 is 0 Å². The maximum atomic E-state index is 11.3. The Morgan fingerprint density at radius 2 is 2.20 bits per heavy atom. The quantitative estimate of drug-likeness (QED) is 0.297. The molecule has 15 heavy (non-hydrogen) atoms. The smallest absolute Gasteiger partial charge is 0.338 e. The molecule has 0 aromatic rings. The van der Waals surface area contributed by atoms with Gasteiger partial charge in [0.15, 0.2) is 0 Å². The fourth-order valence-electron chi connectivity index (χ4n) is 0.551. The number of rotatable bonds is 8. The lowest BCUT2D eigenvalue weighted by molar-refractivity contribution is -0.441. The lowest BCUT2D eigenvalue weighted by atomic mass is 10.2. The van der Waals surface area contributed by atoms with E-state index in [0.717, 1.165) is 0 Å². The monoisotopic (exact) mass is 258 g/mol. The van der Waals surface area contributed by atoms with Crippen molar-refractivity contribution < 1.29 is 33.5 Å². The molecule has 2 unspecified atom stereocenters. The number of allylic oxidation sites excluding steroid dienone is 1. The van der Waals surface area contributed by atoms with Crippen molar-refractivity contribution in [1.82, 2.24) is 0 Å². The molecule has 0 amide bonds. The Balaban J connectivity index is 4.20. The Labute approximate surface area is 87.1 Å². The van der Waals surface area contributed by atoms with Gasteiger partial charge in [-0.2, -0.15) is 0 Å². The second-order valence-corrected chi connectivity index (χ2v) is 7.13. The molecule has 0 fully saturated rings. The van der Waals surface area contributed by atoms with Crippen LogP contribution in [-0.2, 0) is 23.4 Å². The van der Waals surface area contributed by atoms with E-state index in [1.54, 1.807) is 0 Å². The lowest BCUT2D eigenvalue weighted by Crippen LogP contribution is -1.95. The maximum Gasteiger partial charge on any atom is 0.438 e. The van der Waals surface area contributed by atoms with Crippen molar-refractivity contribution in [3.05, 3.63) is 24.8 Å². The minimum Gasteiger partial charge on any atom is -0.338 e. The van der Waals surface area contributed by atoms with Crippen molar-refractivity contribution in [2.75, 3.05) is 6.61 Å². The summed E-state index contributed by atoms with van der Waals surface area (Å²) in [5, 5.41) is 11.0. The van der Waals surface area contributed by atoms with Gasteiger partial charge in [-0.05, 0) is 6.42 Å². The van der Waals surface area contributed by atoms with Gasteiger partial charge in [0, 0.05) is 0 Å². The third kappa shape index (κ3) is 5.39. The average Bonchev–Trinajstić information content (AvgIpc) is 2.17. The summed E-state index contributed by atoms with van der Waals surface area (Å²) in [7, 11) is -7.92. The van der Waals surface area contributed by atoms with Crippen LogP contribution in [0.25, 0.3) is 0 Å². The van der Waals surface area contributed by atoms with Gasteiger partial charge in [-0.3, -0.25) is 4.57 Å². The molecule has 0 heterocycles. The van der Waals surface area contributed by atoms with Crippen LogP contribution in [0.5, 0.6) is 0 Å². The second-order valence-electron chi connectivity index (χ2n) is 2.37. The van der Waals surface area contributed by atoms with Crippen LogP contribution in [0.15, 0.2) is 24.8 Å². The van der Waals surface area contributed by atoms with Gasteiger partial charge in [0.1, 0.15) is 0 Å². The Morgan fingerprint density at radius 1 is 1.60 bits per heavy atom. The highest BCUT2D eigenvalue weighted by Gasteiger charge is 2.33. The first-order chi connectivity index (χ1) is 6.96. The molecule has 0 saturated carbocycles. The molecule has 0 rings (SSSR count). The minimum absolute atomic E-state index is 0.164. The summed E-state index contributed by atoms with van der Waals surface area (Å²) < 4.78 is 30.1. The molecular formula is C6H12O7P2. The molecule has 7 nitrogen and oxygen atoms in total. The van der Waals surface area contributed by atoms with Crippen molar-refractivity contribution in [1.29, 1.82) is 0 Å². The van der Waals surface area contributed by atoms with E-state index in [9.17, 15) is 9.13 Å². The highest BCUT2D eigenvalue weighted by atomic mass is 32.1. The molecule has 0 spiro atoms. The second kappa shape index (κ2) is 7.09. The minimum atomic E-state index is -4.30. The Morgan fingerprint density at radius 3 is 2.60 bits per heavy atom. The maximum absolute atomic E-state index is 11.3. The highest BCUT2D eigenvalue weighted by molar-refractivity contribution is 8.20. The molecule has 0 aliphatic rings. The van der Waals surface area contributed by atoms with Gasteiger partial charge in [0.2, 0.25) is 0 Å². The molecule has 0 aliphatic carbocycles. The predicted octanol–water partition coefficient (Wildman–Crippen LogP) is 2.13. The molecule has 2 N–H and O–H groups in total. The van der Waals surface area contributed by atoms with Crippen LogP contribution in [0.1, 0.15) is 6.42 Å². The van der Waals surface area contributed by atoms with E-state index >= 15 is 0 Å². The van der Waals surface area contributed by atoms with Gasteiger partial charge in [0.05, 0.1) is 6.61 Å². The average molecular weight is 258 g/mol. The molecule has 0 aliphatic heterocycles. The molecule has 0 bridgehead atoms. The predicted molar refractivity (Wildman–Crippen MR) is 53.5 cm³/mol. The first kappa shape index (κ1) is 14.7. The van der Waals surface area contributed by atoms with E-state index in [0.29, 0.717) is 5.57 Å². The highest BCUT2D eigenvalue weighted by Crippen LogP contribution is 2.68. The first-order valence-electron chi connectivity index (χ1n) is 3.74. The van der Waals surface area contributed by atoms with E-state index < -0.39 is 15.0 Å². The summed E-state index contributed by atoms with van der Waals surface area (Å²) in [6.07, 6.45) is 1.72. The fraction of sp³-hybridized carbons (Fsp3) is 0.333. The van der Waals surface area contributed by atoms with E-state index in [1.165, 1.54) is 6.08 Å². The van der Waals surface area contributed by atoms with Gasteiger partial charge in [-0.15, -0.1) is 4.67 Å². The van der Waals surface area contributed by atoms with Crippen LogP contribution >= 0.6 is 15.0 Å². The van der Waals surface area contributed by atoms with Gasteiger partial charge < -0.3 is 9.42 Å². The zero-order valence-corrected chi connectivity index (χ0v) is 9.68. The zero-order chi connectivity index (χ0) is 11.9. The van der Waals surface area contributed by atoms with Gasteiger partial charge in [-0.25, -0.2) is 9.82 Å². The number of hydrogen-bond donors (Lipinski definition) is 2. The van der Waals surface area contributed by atoms with Crippen LogP contribution in [0.3, 0.4) is 0 Å². The third-order valence-electron chi connectivity index (χ3n) is 1.34. The Bertz CT molecular complexity index is 300. The fourth-order valence-corrected chi connectivity index (χ4v) is 2.08.